The van der Waals surface area contributed by atoms with Crippen LogP contribution in [0.1, 0.15) is 37.4 Å². The second-order valence-corrected chi connectivity index (χ2v) is 8.42. The topological polar surface area (TPSA) is 79.3 Å². The Morgan fingerprint density at radius 1 is 1.06 bits per heavy atom. The molecule has 0 aliphatic carbocycles. The second-order valence-electron chi connectivity index (χ2n) is 7.99. The zero-order valence-corrected chi connectivity index (χ0v) is 20.8. The molecule has 0 radical (unpaired) electrons. The first-order valence-corrected chi connectivity index (χ1v) is 11.7. The molecule has 34 heavy (non-hydrogen) atoms. The van der Waals surface area contributed by atoms with Crippen LogP contribution in [0.5, 0.6) is 11.5 Å². The van der Waals surface area contributed by atoms with Crippen molar-refractivity contribution >= 4 is 29.1 Å². The first-order chi connectivity index (χ1) is 16.4. The van der Waals surface area contributed by atoms with E-state index in [2.05, 4.69) is 18.7 Å². The highest BCUT2D eigenvalue weighted by Crippen LogP contribution is 2.44. The number of rotatable bonds is 10. The average Bonchev–Trinajstić information content (AvgIpc) is 3.11. The Bertz CT molecular complexity index is 1060. The molecule has 0 aromatic heterocycles. The third kappa shape index (κ3) is 5.21. The molecular weight excluding hydrogens is 456 g/mol. The van der Waals surface area contributed by atoms with Crippen LogP contribution in [-0.2, 0) is 9.59 Å². The number of methoxy groups -OCH3 is 2. The van der Waals surface area contributed by atoms with E-state index in [0.717, 1.165) is 19.6 Å². The fourth-order valence-corrected chi connectivity index (χ4v) is 4.38. The van der Waals surface area contributed by atoms with Crippen molar-refractivity contribution in [3.63, 3.8) is 0 Å². The molecule has 2 aromatic rings. The maximum absolute atomic E-state index is 13.2. The summed E-state index contributed by atoms with van der Waals surface area (Å²) in [6.45, 7) is 7.11. The first kappa shape index (κ1) is 25.6. The van der Waals surface area contributed by atoms with Gasteiger partial charge in [0, 0.05) is 22.7 Å². The predicted molar refractivity (Wildman–Crippen MR) is 132 cm³/mol. The molecule has 0 saturated carbocycles. The van der Waals surface area contributed by atoms with E-state index < -0.39 is 17.7 Å². The fourth-order valence-electron chi connectivity index (χ4n) is 4.25. The molecule has 1 fully saturated rings. The zero-order valence-electron chi connectivity index (χ0n) is 20.0. The summed E-state index contributed by atoms with van der Waals surface area (Å²) < 4.78 is 11.0. The molecule has 1 N–H and O–H groups in total. The van der Waals surface area contributed by atoms with Crippen LogP contribution in [0.25, 0.3) is 5.76 Å². The van der Waals surface area contributed by atoms with Gasteiger partial charge in [0.25, 0.3) is 11.7 Å². The Labute approximate surface area is 205 Å². The molecule has 1 atom stereocenters. The molecule has 8 heteroatoms. The quantitative estimate of drug-likeness (QED) is 0.302. The van der Waals surface area contributed by atoms with Crippen LogP contribution in [0.3, 0.4) is 0 Å². The SMILES string of the molecule is CCN(CC)CCCN1C(=O)C(=O)C(=C(O)c2ccc(Cl)cc2)[C@@H]1c1cc(OC)ccc1OC. The Morgan fingerprint density at radius 2 is 1.74 bits per heavy atom. The van der Waals surface area contributed by atoms with Crippen molar-refractivity contribution in [2.45, 2.75) is 26.3 Å². The van der Waals surface area contributed by atoms with Gasteiger partial charge in [-0.25, -0.2) is 0 Å². The van der Waals surface area contributed by atoms with Gasteiger partial charge in [-0.2, -0.15) is 0 Å². The number of carbonyl (C=O) groups excluding carboxylic acids is 2. The molecule has 3 rings (SSSR count). The Kier molecular flexibility index (Phi) is 8.58. The number of likely N-dealkylation sites (tertiary alicyclic amines) is 1. The molecule has 2 aromatic carbocycles. The minimum Gasteiger partial charge on any atom is -0.507 e. The maximum atomic E-state index is 13.2. The number of amides is 1. The molecule has 182 valence electrons. The predicted octanol–water partition coefficient (Wildman–Crippen LogP) is 4.51. The van der Waals surface area contributed by atoms with Crippen LogP contribution in [-0.4, -0.2) is 67.0 Å². The van der Waals surface area contributed by atoms with Gasteiger partial charge in [-0.3, -0.25) is 9.59 Å². The zero-order chi connectivity index (χ0) is 24.8. The highest BCUT2D eigenvalue weighted by molar-refractivity contribution is 6.46. The Hall–Kier alpha value is -3.03. The summed E-state index contributed by atoms with van der Waals surface area (Å²) in [7, 11) is 3.07. The molecule has 0 bridgehead atoms. The minimum atomic E-state index is -0.822. The van der Waals surface area contributed by atoms with Crippen molar-refractivity contribution in [3.8, 4) is 11.5 Å². The summed E-state index contributed by atoms with van der Waals surface area (Å²) in [5, 5.41) is 11.7. The number of hydrogen-bond donors (Lipinski definition) is 1. The lowest BCUT2D eigenvalue weighted by Crippen LogP contribution is -2.33. The molecular formula is C26H31ClN2O5. The van der Waals surface area contributed by atoms with Crippen molar-refractivity contribution < 1.29 is 24.2 Å². The van der Waals surface area contributed by atoms with Gasteiger partial charge in [0.1, 0.15) is 17.3 Å². The van der Waals surface area contributed by atoms with Crippen LogP contribution >= 0.6 is 11.6 Å². The van der Waals surface area contributed by atoms with Crippen LogP contribution in [0.4, 0.5) is 0 Å². The fraction of sp³-hybridized carbons (Fsp3) is 0.385. The Balaban J connectivity index is 2.13. The minimum absolute atomic E-state index is 0.0155. The number of hydrogen-bond acceptors (Lipinski definition) is 6. The molecule has 0 unspecified atom stereocenters. The third-order valence-corrected chi connectivity index (χ3v) is 6.41. The second kappa shape index (κ2) is 11.4. The number of ketones is 1. The van der Waals surface area contributed by atoms with E-state index in [1.807, 2.05) is 0 Å². The lowest BCUT2D eigenvalue weighted by Gasteiger charge is -2.28. The number of halogens is 1. The van der Waals surface area contributed by atoms with Crippen molar-refractivity contribution in [3.05, 3.63) is 64.2 Å². The molecule has 1 saturated heterocycles. The summed E-state index contributed by atoms with van der Waals surface area (Å²) >= 11 is 5.99. The van der Waals surface area contributed by atoms with Gasteiger partial charge < -0.3 is 24.4 Å². The van der Waals surface area contributed by atoms with Crippen molar-refractivity contribution in [2.24, 2.45) is 0 Å². The maximum Gasteiger partial charge on any atom is 0.295 e. The standard InChI is InChI=1S/C26H31ClN2O5/c1-5-28(6-2)14-7-15-29-23(20-16-19(33-3)12-13-21(20)34-4)22(25(31)26(29)32)24(30)17-8-10-18(27)11-9-17/h8-13,16,23,30H,5-7,14-15H2,1-4H3/t23-/m0/s1. The normalized spacial score (nSPS) is 17.5. The lowest BCUT2D eigenvalue weighted by molar-refractivity contribution is -0.140. The largest absolute Gasteiger partial charge is 0.507 e. The van der Waals surface area contributed by atoms with Crippen LogP contribution in [0.2, 0.25) is 5.02 Å². The van der Waals surface area contributed by atoms with Crippen molar-refractivity contribution in [2.75, 3.05) is 40.4 Å². The van der Waals surface area contributed by atoms with Crippen LogP contribution in [0, 0.1) is 0 Å². The van der Waals surface area contributed by atoms with E-state index in [9.17, 15) is 14.7 Å². The van der Waals surface area contributed by atoms with Gasteiger partial charge in [-0.1, -0.05) is 25.4 Å². The molecule has 1 aliphatic heterocycles. The monoisotopic (exact) mass is 486 g/mol. The van der Waals surface area contributed by atoms with E-state index in [-0.39, 0.29) is 11.3 Å². The van der Waals surface area contributed by atoms with Gasteiger partial charge in [0.15, 0.2) is 0 Å². The summed E-state index contributed by atoms with van der Waals surface area (Å²) in [5.74, 6) is -0.592. The van der Waals surface area contributed by atoms with Gasteiger partial charge in [-0.05, 0) is 68.5 Å². The van der Waals surface area contributed by atoms with Gasteiger partial charge >= 0.3 is 0 Å². The number of Topliss-reactive ketones (excluding diaryl/α,β-unsaturated/α-hetero) is 1. The highest BCUT2D eigenvalue weighted by Gasteiger charge is 2.47. The number of ether oxygens (including phenoxy) is 2. The smallest absolute Gasteiger partial charge is 0.295 e. The van der Waals surface area contributed by atoms with Crippen molar-refractivity contribution in [1.29, 1.82) is 0 Å². The average molecular weight is 487 g/mol. The molecule has 7 nitrogen and oxygen atoms in total. The number of aliphatic hydroxyl groups excluding tert-OH is 1. The van der Waals surface area contributed by atoms with Crippen LogP contribution in [0.15, 0.2) is 48.0 Å². The number of benzene rings is 2. The van der Waals surface area contributed by atoms with Gasteiger partial charge in [0.2, 0.25) is 0 Å². The van der Waals surface area contributed by atoms with E-state index in [4.69, 9.17) is 21.1 Å². The third-order valence-electron chi connectivity index (χ3n) is 6.16. The van der Waals surface area contributed by atoms with E-state index >= 15 is 0 Å². The Morgan fingerprint density at radius 3 is 2.32 bits per heavy atom. The highest BCUT2D eigenvalue weighted by atomic mass is 35.5. The molecule has 1 heterocycles. The molecule has 1 amide bonds. The lowest BCUT2D eigenvalue weighted by atomic mass is 9.94. The van der Waals surface area contributed by atoms with Crippen molar-refractivity contribution in [1.82, 2.24) is 9.80 Å². The van der Waals surface area contributed by atoms with E-state index in [0.29, 0.717) is 40.6 Å². The summed E-state index contributed by atoms with van der Waals surface area (Å²) in [6, 6.07) is 10.9. The number of carbonyl (C=O) groups is 2. The summed E-state index contributed by atoms with van der Waals surface area (Å²) in [5.41, 5.74) is 0.985. The van der Waals surface area contributed by atoms with E-state index in [1.165, 1.54) is 12.0 Å². The molecule has 1 aliphatic rings. The number of aliphatic hydroxyl groups is 1. The number of nitrogens with zero attached hydrogens (tertiary/aromatic N) is 2. The molecule has 0 spiro atoms. The van der Waals surface area contributed by atoms with Gasteiger partial charge in [0.05, 0.1) is 25.8 Å². The van der Waals surface area contributed by atoms with Crippen LogP contribution < -0.4 is 9.47 Å². The van der Waals surface area contributed by atoms with Gasteiger partial charge in [-0.15, -0.1) is 0 Å². The first-order valence-electron chi connectivity index (χ1n) is 11.3. The summed E-state index contributed by atoms with van der Waals surface area (Å²) in [6.07, 6.45) is 0.679. The summed E-state index contributed by atoms with van der Waals surface area (Å²) in [4.78, 5) is 30.2. The van der Waals surface area contributed by atoms with E-state index in [1.54, 1.807) is 49.6 Å².